The highest BCUT2D eigenvalue weighted by atomic mass is 16.7. The Labute approximate surface area is 158 Å². The summed E-state index contributed by atoms with van der Waals surface area (Å²) in [6.07, 6.45) is 2.11. The Morgan fingerprint density at radius 1 is 1.25 bits per heavy atom. The summed E-state index contributed by atoms with van der Waals surface area (Å²) >= 11 is 0. The quantitative estimate of drug-likeness (QED) is 0.322. The largest absolute Gasteiger partial charge is 0.495 e. The number of hydrogen-bond acceptors (Lipinski definition) is 8. The summed E-state index contributed by atoms with van der Waals surface area (Å²) < 4.78 is 22.4. The Bertz CT molecular complexity index is 924. The topological polar surface area (TPSA) is 117 Å². The van der Waals surface area contributed by atoms with E-state index in [0.29, 0.717) is 13.2 Å². The van der Waals surface area contributed by atoms with E-state index < -0.39 is 46.6 Å². The molecule has 1 aromatic carbocycles. The molecule has 10 nitrogen and oxygen atoms in total. The molecule has 0 N–H and O–H groups in total. The Morgan fingerprint density at radius 3 is 2.68 bits per heavy atom. The van der Waals surface area contributed by atoms with Crippen molar-refractivity contribution in [1.82, 2.24) is 0 Å². The van der Waals surface area contributed by atoms with E-state index in [1.807, 2.05) is 0 Å². The van der Waals surface area contributed by atoms with Crippen LogP contribution in [0.5, 0.6) is 5.75 Å². The van der Waals surface area contributed by atoms with Crippen LogP contribution in [0.4, 0.5) is 11.4 Å². The van der Waals surface area contributed by atoms with Gasteiger partial charge in [-0.3, -0.25) is 19.7 Å². The average Bonchev–Trinajstić information content (AvgIpc) is 3.45. The van der Waals surface area contributed by atoms with Gasteiger partial charge in [-0.1, -0.05) is 6.08 Å². The second-order valence-corrected chi connectivity index (χ2v) is 7.00. The van der Waals surface area contributed by atoms with Crippen LogP contribution in [0.3, 0.4) is 0 Å². The molecule has 4 aliphatic heterocycles. The van der Waals surface area contributed by atoms with Crippen molar-refractivity contribution in [1.29, 1.82) is 0 Å². The number of amides is 2. The minimum Gasteiger partial charge on any atom is -0.495 e. The van der Waals surface area contributed by atoms with Crippen LogP contribution in [0.15, 0.2) is 30.4 Å². The van der Waals surface area contributed by atoms with Gasteiger partial charge in [-0.05, 0) is 12.1 Å². The normalized spacial score (nSPS) is 33.8. The maximum absolute atomic E-state index is 13.4. The Morgan fingerprint density at radius 2 is 2.00 bits per heavy atom. The lowest BCUT2D eigenvalue weighted by Crippen LogP contribution is -2.49. The van der Waals surface area contributed by atoms with Crippen LogP contribution < -0.4 is 9.64 Å². The summed E-state index contributed by atoms with van der Waals surface area (Å²) in [5, 5.41) is 11.2. The van der Waals surface area contributed by atoms with Gasteiger partial charge < -0.3 is 18.9 Å². The van der Waals surface area contributed by atoms with E-state index in [9.17, 15) is 19.7 Å². The van der Waals surface area contributed by atoms with Crippen LogP contribution in [0.1, 0.15) is 0 Å². The minimum atomic E-state index is -1.18. The number of fused-ring (bicyclic) bond motifs is 5. The third kappa shape index (κ3) is 2.07. The molecule has 3 saturated heterocycles. The summed E-state index contributed by atoms with van der Waals surface area (Å²) in [6, 6.07) is 3.79. The number of ether oxygens (including phenoxy) is 4. The van der Waals surface area contributed by atoms with Crippen LogP contribution in [-0.4, -0.2) is 55.1 Å². The van der Waals surface area contributed by atoms with Crippen LogP contribution in [-0.2, 0) is 23.8 Å². The van der Waals surface area contributed by atoms with Gasteiger partial charge in [0.15, 0.2) is 11.9 Å². The van der Waals surface area contributed by atoms with Crippen molar-refractivity contribution in [3.63, 3.8) is 0 Å². The van der Waals surface area contributed by atoms with Crippen molar-refractivity contribution < 1.29 is 33.5 Å². The van der Waals surface area contributed by atoms with Crippen molar-refractivity contribution in [3.05, 3.63) is 40.5 Å². The number of hydrogen-bond donors (Lipinski definition) is 0. The lowest BCUT2D eigenvalue weighted by atomic mass is 9.76. The molecule has 0 spiro atoms. The van der Waals surface area contributed by atoms with Gasteiger partial charge >= 0.3 is 0 Å². The first-order valence-corrected chi connectivity index (χ1v) is 8.78. The van der Waals surface area contributed by atoms with Gasteiger partial charge in [0, 0.05) is 12.1 Å². The molecule has 3 fully saturated rings. The number of nitro benzene ring substituents is 1. The molecule has 0 aromatic heterocycles. The van der Waals surface area contributed by atoms with Gasteiger partial charge in [0.25, 0.3) is 5.69 Å². The molecular formula is C18H16N2O8. The first-order chi connectivity index (χ1) is 13.5. The summed E-state index contributed by atoms with van der Waals surface area (Å²) in [6.45, 7) is 0.743. The van der Waals surface area contributed by atoms with E-state index >= 15 is 0 Å². The molecule has 1 aromatic rings. The smallest absolute Gasteiger partial charge is 0.271 e. The second kappa shape index (κ2) is 5.84. The minimum absolute atomic E-state index is 0.0453. The molecule has 2 bridgehead atoms. The van der Waals surface area contributed by atoms with Crippen molar-refractivity contribution in [2.24, 2.45) is 11.8 Å². The number of anilines is 1. The second-order valence-electron chi connectivity index (χ2n) is 7.00. The summed E-state index contributed by atoms with van der Waals surface area (Å²) in [7, 11) is 1.37. The molecular weight excluding hydrogens is 372 g/mol. The maximum Gasteiger partial charge on any atom is 0.271 e. The Hall–Kier alpha value is -2.82. The summed E-state index contributed by atoms with van der Waals surface area (Å²) in [5.41, 5.74) is -1.38. The molecule has 0 aliphatic carbocycles. The summed E-state index contributed by atoms with van der Waals surface area (Å²) in [5.74, 6) is -2.38. The first-order valence-electron chi connectivity index (χ1n) is 8.78. The molecule has 5 rings (SSSR count). The van der Waals surface area contributed by atoms with Crippen molar-refractivity contribution in [2.45, 2.75) is 18.0 Å². The molecule has 0 unspecified atom stereocenters. The molecule has 4 atom stereocenters. The van der Waals surface area contributed by atoms with E-state index in [-0.39, 0.29) is 17.1 Å². The number of carbonyl (C=O) groups is 2. The van der Waals surface area contributed by atoms with Crippen LogP contribution in [0.25, 0.3) is 0 Å². The van der Waals surface area contributed by atoms with Crippen LogP contribution >= 0.6 is 0 Å². The zero-order chi connectivity index (χ0) is 19.6. The van der Waals surface area contributed by atoms with Crippen LogP contribution in [0, 0.1) is 22.0 Å². The first kappa shape index (κ1) is 17.3. The highest BCUT2D eigenvalue weighted by Gasteiger charge is 2.71. The fourth-order valence-corrected chi connectivity index (χ4v) is 4.53. The number of benzene rings is 1. The van der Waals surface area contributed by atoms with Crippen molar-refractivity contribution in [3.8, 4) is 5.75 Å². The predicted octanol–water partition coefficient (Wildman–Crippen LogP) is 0.789. The zero-order valence-corrected chi connectivity index (χ0v) is 14.8. The third-order valence-electron chi connectivity index (χ3n) is 5.68. The third-order valence-corrected chi connectivity index (χ3v) is 5.68. The molecule has 0 saturated carbocycles. The molecule has 2 amide bonds. The summed E-state index contributed by atoms with van der Waals surface area (Å²) in [4.78, 5) is 38.1. The SMILES string of the molecule is COc1ccc([N+](=O)[O-])cc1N1C(=O)[C@@H]2[C@@H](C1=O)[C@@]1(C3OCCO3)C=C[C@H]2O1. The fourth-order valence-electron chi connectivity index (χ4n) is 4.53. The number of nitrogens with zero attached hydrogens (tertiary/aromatic N) is 2. The number of nitro groups is 1. The lowest BCUT2D eigenvalue weighted by Gasteiger charge is -2.32. The Kier molecular flexibility index (Phi) is 3.60. The monoisotopic (exact) mass is 388 g/mol. The molecule has 4 heterocycles. The van der Waals surface area contributed by atoms with Gasteiger partial charge in [-0.15, -0.1) is 0 Å². The van der Waals surface area contributed by atoms with Crippen molar-refractivity contribution >= 4 is 23.2 Å². The fraction of sp³-hybridized carbons (Fsp3) is 0.444. The molecule has 28 heavy (non-hydrogen) atoms. The molecule has 146 valence electrons. The molecule has 4 aliphatic rings. The highest BCUT2D eigenvalue weighted by Crippen LogP contribution is 2.55. The predicted molar refractivity (Wildman–Crippen MR) is 91.6 cm³/mol. The van der Waals surface area contributed by atoms with Gasteiger partial charge in [0.2, 0.25) is 11.8 Å². The van der Waals surface area contributed by atoms with Gasteiger partial charge in [0.05, 0.1) is 43.2 Å². The van der Waals surface area contributed by atoms with Gasteiger partial charge in [0.1, 0.15) is 11.4 Å². The zero-order valence-electron chi connectivity index (χ0n) is 14.8. The molecule has 10 heteroatoms. The number of carbonyl (C=O) groups excluding carboxylic acids is 2. The van der Waals surface area contributed by atoms with E-state index in [1.54, 1.807) is 12.2 Å². The maximum atomic E-state index is 13.4. The van der Waals surface area contributed by atoms with E-state index in [0.717, 1.165) is 4.90 Å². The number of imide groups is 1. The molecule has 0 radical (unpaired) electrons. The van der Waals surface area contributed by atoms with E-state index in [1.165, 1.54) is 25.3 Å². The van der Waals surface area contributed by atoms with Gasteiger partial charge in [-0.2, -0.15) is 0 Å². The highest BCUT2D eigenvalue weighted by molar-refractivity contribution is 6.24. The lowest BCUT2D eigenvalue weighted by molar-refractivity contribution is -0.384. The number of rotatable bonds is 4. The average molecular weight is 388 g/mol. The number of methoxy groups -OCH3 is 1. The standard InChI is InChI=1S/C18H16N2O8/c1-25-11-3-2-9(20(23)24)8-10(11)19-15(21)13-12-4-5-18(28-12,14(13)16(19)22)17-26-6-7-27-17/h2-5,8,12-14,17H,6-7H2,1H3/t12-,13+,14+,18-/m1/s1. The Balaban J connectivity index is 1.59. The van der Waals surface area contributed by atoms with Crippen molar-refractivity contribution in [2.75, 3.05) is 25.2 Å². The van der Waals surface area contributed by atoms with Crippen LogP contribution in [0.2, 0.25) is 0 Å². The van der Waals surface area contributed by atoms with E-state index in [2.05, 4.69) is 0 Å². The van der Waals surface area contributed by atoms with Gasteiger partial charge in [-0.25, -0.2) is 4.90 Å². The number of non-ortho nitro benzene ring substituents is 1. The van der Waals surface area contributed by atoms with E-state index in [4.69, 9.17) is 18.9 Å².